The molecule has 0 spiro atoms. The predicted molar refractivity (Wildman–Crippen MR) is 76.5 cm³/mol. The monoisotopic (exact) mass is 273 g/mol. The molecule has 0 heterocycles. The van der Waals surface area contributed by atoms with Crippen LogP contribution in [0.3, 0.4) is 0 Å². The average molecular weight is 273 g/mol. The Morgan fingerprint density at radius 2 is 2.30 bits per heavy atom. The fraction of sp³-hybridized carbons (Fsp3) is 0.400. The van der Waals surface area contributed by atoms with E-state index in [4.69, 9.17) is 5.26 Å². The molecule has 0 radical (unpaired) electrons. The van der Waals surface area contributed by atoms with E-state index in [1.807, 2.05) is 12.2 Å². The maximum atomic E-state index is 11.4. The van der Waals surface area contributed by atoms with E-state index >= 15 is 0 Å². The minimum atomic E-state index is -0.0544. The molecule has 0 unspecified atom stereocenters. The van der Waals surface area contributed by atoms with E-state index in [1.54, 1.807) is 20.2 Å². The number of hydrogen-bond donors (Lipinski definition) is 1. The van der Waals surface area contributed by atoms with Gasteiger partial charge < -0.3 is 10.2 Å². The second-order valence-electron chi connectivity index (χ2n) is 4.75. The first kappa shape index (κ1) is 15.7. The minimum Gasteiger partial charge on any atom is -0.358 e. The first-order valence-electron chi connectivity index (χ1n) is 6.45. The van der Waals surface area contributed by atoms with E-state index in [9.17, 15) is 9.59 Å². The first-order valence-corrected chi connectivity index (χ1v) is 6.45. The number of nitrogens with one attached hydrogen (secondary N) is 1. The summed E-state index contributed by atoms with van der Waals surface area (Å²) in [5, 5.41) is 11.6. The lowest BCUT2D eigenvalue weighted by atomic mass is 10.0. The van der Waals surface area contributed by atoms with E-state index < -0.39 is 0 Å². The molecule has 0 bridgehead atoms. The number of rotatable bonds is 7. The maximum absolute atomic E-state index is 11.4. The molecule has 2 amide bonds. The van der Waals surface area contributed by atoms with Crippen LogP contribution in [0.1, 0.15) is 19.3 Å². The molecule has 1 N–H and O–H groups in total. The second-order valence-corrected chi connectivity index (χ2v) is 4.75. The van der Waals surface area contributed by atoms with Gasteiger partial charge >= 0.3 is 0 Å². The summed E-state index contributed by atoms with van der Waals surface area (Å²) in [6, 6.07) is 2.16. The molecule has 20 heavy (non-hydrogen) atoms. The highest BCUT2D eigenvalue weighted by Crippen LogP contribution is 2.29. The third-order valence-electron chi connectivity index (χ3n) is 3.04. The standard InChI is InChI=1S/C15H19N3O2/c1-18(2)15(20)5-3-4-13-8-12(10-16)9-14(13)6-7-17-11-19/h3,5,9,11H,4,6-8H2,1-2H3,(H,17,19)/b5-3+. The van der Waals surface area contributed by atoms with Crippen LogP contribution in [0, 0.1) is 11.3 Å². The second kappa shape index (κ2) is 7.95. The van der Waals surface area contributed by atoms with Gasteiger partial charge in [0, 0.05) is 32.6 Å². The Balaban J connectivity index is 2.65. The van der Waals surface area contributed by atoms with Gasteiger partial charge in [-0.05, 0) is 30.6 Å². The molecule has 5 nitrogen and oxygen atoms in total. The van der Waals surface area contributed by atoms with E-state index in [-0.39, 0.29) is 5.91 Å². The van der Waals surface area contributed by atoms with Gasteiger partial charge in [0.1, 0.15) is 0 Å². The summed E-state index contributed by atoms with van der Waals surface area (Å²) in [6.07, 6.45) is 7.89. The Morgan fingerprint density at radius 1 is 1.55 bits per heavy atom. The molecular formula is C15H19N3O2. The van der Waals surface area contributed by atoms with E-state index in [2.05, 4.69) is 11.4 Å². The zero-order valence-corrected chi connectivity index (χ0v) is 11.8. The number of hydrogen-bond acceptors (Lipinski definition) is 3. The van der Waals surface area contributed by atoms with Gasteiger partial charge in [-0.1, -0.05) is 11.6 Å². The smallest absolute Gasteiger partial charge is 0.245 e. The number of nitrogens with zero attached hydrogens (tertiary/aromatic N) is 2. The molecule has 0 aliphatic heterocycles. The molecule has 0 aromatic heterocycles. The van der Waals surface area contributed by atoms with Crippen LogP contribution in [-0.4, -0.2) is 37.9 Å². The highest BCUT2D eigenvalue weighted by molar-refractivity contribution is 5.87. The van der Waals surface area contributed by atoms with Gasteiger partial charge in [0.15, 0.2) is 0 Å². The third kappa shape index (κ3) is 4.73. The summed E-state index contributed by atoms with van der Waals surface area (Å²) in [5.74, 6) is -0.0544. The molecule has 106 valence electrons. The van der Waals surface area contributed by atoms with Crippen molar-refractivity contribution in [3.05, 3.63) is 34.9 Å². The molecule has 0 saturated carbocycles. The number of nitriles is 1. The Bertz CT molecular complexity index is 508. The van der Waals surface area contributed by atoms with Gasteiger partial charge in [-0.25, -0.2) is 0 Å². The highest BCUT2D eigenvalue weighted by Gasteiger charge is 2.14. The molecule has 1 rings (SSSR count). The number of carbonyl (C=O) groups is 2. The van der Waals surface area contributed by atoms with Gasteiger partial charge in [-0.3, -0.25) is 9.59 Å². The number of amides is 2. The SMILES string of the molecule is CN(C)C(=O)/C=C/CC1=C(CCNC=O)C=C(C#N)C1. The predicted octanol–water partition coefficient (Wildman–Crippen LogP) is 1.31. The van der Waals surface area contributed by atoms with Crippen LogP contribution in [0.4, 0.5) is 0 Å². The van der Waals surface area contributed by atoms with Crippen molar-refractivity contribution in [2.45, 2.75) is 19.3 Å². The van der Waals surface area contributed by atoms with Crippen LogP contribution < -0.4 is 5.32 Å². The molecule has 5 heteroatoms. The van der Waals surface area contributed by atoms with E-state index in [0.717, 1.165) is 16.7 Å². The summed E-state index contributed by atoms with van der Waals surface area (Å²) < 4.78 is 0. The Morgan fingerprint density at radius 3 is 2.90 bits per heavy atom. The topological polar surface area (TPSA) is 73.2 Å². The van der Waals surface area contributed by atoms with Crippen LogP contribution in [0.25, 0.3) is 0 Å². The zero-order valence-electron chi connectivity index (χ0n) is 11.8. The summed E-state index contributed by atoms with van der Waals surface area (Å²) in [7, 11) is 3.40. The van der Waals surface area contributed by atoms with Crippen LogP contribution in [0.15, 0.2) is 34.9 Å². The lowest BCUT2D eigenvalue weighted by molar-refractivity contribution is -0.123. The van der Waals surface area contributed by atoms with Crippen LogP contribution in [-0.2, 0) is 9.59 Å². The van der Waals surface area contributed by atoms with Crippen molar-refractivity contribution in [3.63, 3.8) is 0 Å². The fourth-order valence-electron chi connectivity index (χ4n) is 1.95. The van der Waals surface area contributed by atoms with E-state index in [0.29, 0.717) is 32.2 Å². The fourth-order valence-corrected chi connectivity index (χ4v) is 1.95. The summed E-state index contributed by atoms with van der Waals surface area (Å²) in [4.78, 5) is 23.2. The average Bonchev–Trinajstić information content (AvgIpc) is 2.81. The number of carbonyl (C=O) groups excluding carboxylic acids is 2. The zero-order chi connectivity index (χ0) is 15.0. The summed E-state index contributed by atoms with van der Waals surface area (Å²) >= 11 is 0. The van der Waals surface area contributed by atoms with E-state index in [1.165, 1.54) is 4.90 Å². The van der Waals surface area contributed by atoms with Crippen LogP contribution in [0.5, 0.6) is 0 Å². The van der Waals surface area contributed by atoms with Gasteiger partial charge in [-0.15, -0.1) is 0 Å². The van der Waals surface area contributed by atoms with Crippen molar-refractivity contribution in [3.8, 4) is 6.07 Å². The Hall–Kier alpha value is -2.35. The van der Waals surface area contributed by atoms with Crippen LogP contribution in [0.2, 0.25) is 0 Å². The Kier molecular flexibility index (Phi) is 6.24. The number of allylic oxidation sites excluding steroid dienone is 4. The third-order valence-corrected chi connectivity index (χ3v) is 3.04. The number of likely N-dealkylation sites (N-methyl/N-ethyl adjacent to an activating group) is 1. The maximum Gasteiger partial charge on any atom is 0.245 e. The van der Waals surface area contributed by atoms with Gasteiger partial charge in [0.25, 0.3) is 0 Å². The molecule has 1 aliphatic rings. The van der Waals surface area contributed by atoms with Crippen molar-refractivity contribution in [2.24, 2.45) is 0 Å². The molecule has 0 aromatic carbocycles. The normalized spacial score (nSPS) is 14.2. The molecule has 0 fully saturated rings. The van der Waals surface area contributed by atoms with Gasteiger partial charge in [0.2, 0.25) is 12.3 Å². The molecule has 0 saturated heterocycles. The first-order chi connectivity index (χ1) is 9.58. The molecule has 1 aliphatic carbocycles. The van der Waals surface area contributed by atoms with Crippen molar-refractivity contribution in [1.29, 1.82) is 5.26 Å². The molecular weight excluding hydrogens is 254 g/mol. The van der Waals surface area contributed by atoms with Crippen LogP contribution >= 0.6 is 0 Å². The van der Waals surface area contributed by atoms with Crippen molar-refractivity contribution < 1.29 is 9.59 Å². The van der Waals surface area contributed by atoms with Gasteiger partial charge in [-0.2, -0.15) is 5.26 Å². The Labute approximate surface area is 119 Å². The van der Waals surface area contributed by atoms with Crippen molar-refractivity contribution >= 4 is 12.3 Å². The quantitative estimate of drug-likeness (QED) is 0.432. The lowest BCUT2D eigenvalue weighted by Gasteiger charge is -2.06. The lowest BCUT2D eigenvalue weighted by Crippen LogP contribution is -2.18. The highest BCUT2D eigenvalue weighted by atomic mass is 16.2. The van der Waals surface area contributed by atoms with Crippen molar-refractivity contribution in [2.75, 3.05) is 20.6 Å². The van der Waals surface area contributed by atoms with Gasteiger partial charge in [0.05, 0.1) is 6.07 Å². The largest absolute Gasteiger partial charge is 0.358 e. The molecule has 0 atom stereocenters. The molecule has 0 aromatic rings. The minimum absolute atomic E-state index is 0.0544. The summed E-state index contributed by atoms with van der Waals surface area (Å²) in [5.41, 5.74) is 2.95. The van der Waals surface area contributed by atoms with Crippen molar-refractivity contribution in [1.82, 2.24) is 10.2 Å². The summed E-state index contributed by atoms with van der Waals surface area (Å²) in [6.45, 7) is 0.553.